The van der Waals surface area contributed by atoms with E-state index in [0.29, 0.717) is 29.3 Å². The Morgan fingerprint density at radius 1 is 1.18 bits per heavy atom. The van der Waals surface area contributed by atoms with Crippen molar-refractivity contribution in [1.29, 1.82) is 0 Å². The number of nitrogens with two attached hydrogens (primary N) is 2. The van der Waals surface area contributed by atoms with Gasteiger partial charge in [-0.25, -0.2) is 10.8 Å². The maximum Gasteiger partial charge on any atom is 0.573 e. The van der Waals surface area contributed by atoms with Crippen molar-refractivity contribution in [2.24, 2.45) is 21.9 Å². The number of aromatic nitrogens is 1. The molecule has 1 aliphatic rings. The van der Waals surface area contributed by atoms with E-state index in [1.54, 1.807) is 12.1 Å². The number of hydrogen-bond acceptors (Lipinski definition) is 8. The summed E-state index contributed by atoms with van der Waals surface area (Å²) in [5, 5.41) is 7.28. The first-order valence-electron chi connectivity index (χ1n) is 7.85. The number of pyridine rings is 1. The van der Waals surface area contributed by atoms with Crippen LogP contribution < -0.4 is 26.6 Å². The summed E-state index contributed by atoms with van der Waals surface area (Å²) in [7, 11) is 0. The van der Waals surface area contributed by atoms with Crippen LogP contribution in [0.5, 0.6) is 11.5 Å². The molecular weight excluding hydrogens is 381 g/mol. The van der Waals surface area contributed by atoms with Gasteiger partial charge in [-0.15, -0.1) is 13.2 Å². The van der Waals surface area contributed by atoms with Crippen LogP contribution in [0.1, 0.15) is 23.8 Å². The summed E-state index contributed by atoms with van der Waals surface area (Å²) in [5.41, 5.74) is 3.35. The van der Waals surface area contributed by atoms with Crippen LogP contribution in [0.4, 0.5) is 13.2 Å². The van der Waals surface area contributed by atoms with Crippen LogP contribution in [0.15, 0.2) is 52.9 Å². The fourth-order valence-corrected chi connectivity index (χ4v) is 2.37. The molecule has 5 N–H and O–H groups in total. The molecule has 1 atom stereocenters. The summed E-state index contributed by atoms with van der Waals surface area (Å²) < 4.78 is 46.0. The predicted octanol–water partition coefficient (Wildman–Crippen LogP) is 1.92. The largest absolute Gasteiger partial charge is 0.573 e. The van der Waals surface area contributed by atoms with Gasteiger partial charge in [0.05, 0.1) is 12.6 Å². The lowest BCUT2D eigenvalue weighted by Gasteiger charge is -2.11. The Labute approximate surface area is 156 Å². The van der Waals surface area contributed by atoms with E-state index in [9.17, 15) is 13.2 Å². The van der Waals surface area contributed by atoms with Crippen molar-refractivity contribution in [3.63, 3.8) is 0 Å². The van der Waals surface area contributed by atoms with Crippen molar-refractivity contribution in [2.45, 2.75) is 18.9 Å². The fourth-order valence-electron chi connectivity index (χ4n) is 2.37. The molecule has 0 unspecified atom stereocenters. The molecule has 1 aromatic carbocycles. The standard InChI is InChI=1S/C16H15F3N6O3/c17-16(18,19)27-10-3-1-9(2-4-10)13-7-14(25-28-13)26-11-5-6-12(22-8-11)15(23-20)24-21/h1-6,8,13H,7,20-21H2,(H,23,24)/t13-/m1/s1. The quantitative estimate of drug-likeness (QED) is 0.312. The molecule has 0 radical (unpaired) electrons. The van der Waals surface area contributed by atoms with Gasteiger partial charge in [-0.05, 0) is 29.8 Å². The van der Waals surface area contributed by atoms with Crippen molar-refractivity contribution < 1.29 is 27.5 Å². The SMILES string of the molecule is N/N=C(\NN)c1ccc(OC2=NO[C@@H](c3ccc(OC(F)(F)F)cc3)C2)cn1. The lowest BCUT2D eigenvalue weighted by molar-refractivity contribution is -0.274. The molecule has 0 saturated heterocycles. The average Bonchev–Trinajstić information content (AvgIpc) is 3.12. The first kappa shape index (κ1) is 19.2. The summed E-state index contributed by atoms with van der Waals surface area (Å²) in [5.74, 6) is 11.0. The van der Waals surface area contributed by atoms with E-state index in [1.165, 1.54) is 30.5 Å². The molecule has 28 heavy (non-hydrogen) atoms. The van der Waals surface area contributed by atoms with Gasteiger partial charge in [0.15, 0.2) is 11.9 Å². The summed E-state index contributed by atoms with van der Waals surface area (Å²) in [6.07, 6.45) is -3.51. The second-order valence-corrected chi connectivity index (χ2v) is 5.50. The van der Waals surface area contributed by atoms with Crippen molar-refractivity contribution in [2.75, 3.05) is 0 Å². The highest BCUT2D eigenvalue weighted by Gasteiger charge is 2.31. The molecule has 2 aromatic rings. The van der Waals surface area contributed by atoms with E-state index >= 15 is 0 Å². The molecule has 9 nitrogen and oxygen atoms in total. The van der Waals surface area contributed by atoms with Crippen molar-refractivity contribution >= 4 is 11.7 Å². The number of amidine groups is 1. The third-order valence-electron chi connectivity index (χ3n) is 3.61. The lowest BCUT2D eigenvalue weighted by Crippen LogP contribution is -2.32. The fraction of sp³-hybridized carbons (Fsp3) is 0.188. The minimum absolute atomic E-state index is 0.200. The minimum Gasteiger partial charge on any atom is -0.438 e. The van der Waals surface area contributed by atoms with E-state index in [4.69, 9.17) is 21.3 Å². The number of benzene rings is 1. The maximum absolute atomic E-state index is 12.2. The Morgan fingerprint density at radius 3 is 2.46 bits per heavy atom. The number of hydrazine groups is 1. The molecule has 0 amide bonds. The van der Waals surface area contributed by atoms with Gasteiger partial charge in [-0.3, -0.25) is 0 Å². The van der Waals surface area contributed by atoms with Crippen molar-refractivity contribution in [3.05, 3.63) is 53.9 Å². The number of halogens is 3. The molecule has 0 saturated carbocycles. The highest BCUT2D eigenvalue weighted by atomic mass is 19.4. The van der Waals surface area contributed by atoms with E-state index in [-0.39, 0.29) is 11.6 Å². The summed E-state index contributed by atoms with van der Waals surface area (Å²) in [6.45, 7) is 0. The number of rotatable bonds is 4. The topological polar surface area (TPSA) is 129 Å². The normalized spacial score (nSPS) is 16.9. The van der Waals surface area contributed by atoms with Crippen molar-refractivity contribution in [1.82, 2.24) is 10.4 Å². The zero-order chi connectivity index (χ0) is 20.1. The van der Waals surface area contributed by atoms with E-state index in [0.717, 1.165) is 0 Å². The van der Waals surface area contributed by atoms with Crippen LogP contribution in [0.2, 0.25) is 0 Å². The zero-order valence-corrected chi connectivity index (χ0v) is 14.2. The molecule has 1 aliphatic heterocycles. The number of hydrazone groups is 1. The third-order valence-corrected chi connectivity index (χ3v) is 3.61. The Balaban J connectivity index is 1.58. The van der Waals surface area contributed by atoms with Crippen LogP contribution in [0.25, 0.3) is 0 Å². The first-order valence-corrected chi connectivity index (χ1v) is 7.85. The molecule has 12 heteroatoms. The maximum atomic E-state index is 12.2. The molecule has 2 heterocycles. The van der Waals surface area contributed by atoms with Gasteiger partial charge in [0, 0.05) is 0 Å². The van der Waals surface area contributed by atoms with Gasteiger partial charge in [0.2, 0.25) is 5.90 Å². The highest BCUT2D eigenvalue weighted by Crippen LogP contribution is 2.30. The van der Waals surface area contributed by atoms with Crippen LogP contribution >= 0.6 is 0 Å². The number of ether oxygens (including phenoxy) is 2. The molecule has 1 aromatic heterocycles. The smallest absolute Gasteiger partial charge is 0.438 e. The zero-order valence-electron chi connectivity index (χ0n) is 14.2. The number of nitrogens with zero attached hydrogens (tertiary/aromatic N) is 3. The summed E-state index contributed by atoms with van der Waals surface area (Å²) in [4.78, 5) is 9.38. The third kappa shape index (κ3) is 4.79. The molecule has 0 bridgehead atoms. The molecule has 0 spiro atoms. The number of nitrogens with one attached hydrogen (secondary N) is 1. The first-order chi connectivity index (χ1) is 13.4. The molecule has 0 aliphatic carbocycles. The molecule has 0 fully saturated rings. The van der Waals surface area contributed by atoms with Crippen molar-refractivity contribution in [3.8, 4) is 11.5 Å². The van der Waals surface area contributed by atoms with Gasteiger partial charge >= 0.3 is 6.36 Å². The van der Waals surface area contributed by atoms with Gasteiger partial charge in [-0.1, -0.05) is 17.3 Å². The van der Waals surface area contributed by atoms with Gasteiger partial charge < -0.3 is 25.6 Å². The predicted molar refractivity (Wildman–Crippen MR) is 91.9 cm³/mol. The molecule has 148 valence electrons. The highest BCUT2D eigenvalue weighted by molar-refractivity contribution is 5.96. The Kier molecular flexibility index (Phi) is 5.49. The van der Waals surface area contributed by atoms with E-state index in [2.05, 4.69) is 25.4 Å². The number of oxime groups is 1. The Bertz CT molecular complexity index is 869. The lowest BCUT2D eigenvalue weighted by atomic mass is 10.1. The molecule has 3 rings (SSSR count). The van der Waals surface area contributed by atoms with Crippen LogP contribution in [0, 0.1) is 0 Å². The van der Waals surface area contributed by atoms with Gasteiger partial charge in [0.25, 0.3) is 0 Å². The Morgan fingerprint density at radius 2 is 1.89 bits per heavy atom. The average molecular weight is 396 g/mol. The number of alkyl halides is 3. The summed E-state index contributed by atoms with van der Waals surface area (Å²) >= 11 is 0. The van der Waals surface area contributed by atoms with E-state index < -0.39 is 12.5 Å². The monoisotopic (exact) mass is 396 g/mol. The summed E-state index contributed by atoms with van der Waals surface area (Å²) in [6, 6.07) is 8.55. The van der Waals surface area contributed by atoms with Crippen LogP contribution in [-0.4, -0.2) is 23.1 Å². The minimum atomic E-state index is -4.74. The van der Waals surface area contributed by atoms with E-state index in [1.807, 2.05) is 0 Å². The number of hydrogen-bond donors (Lipinski definition) is 3. The molecular formula is C16H15F3N6O3. The van der Waals surface area contributed by atoms with Gasteiger partial charge in [0.1, 0.15) is 17.2 Å². The van der Waals surface area contributed by atoms with Gasteiger partial charge in [-0.2, -0.15) is 5.10 Å². The Hall–Kier alpha value is -3.54. The van der Waals surface area contributed by atoms with Crippen LogP contribution in [0.3, 0.4) is 0 Å². The second-order valence-electron chi connectivity index (χ2n) is 5.50. The second kappa shape index (κ2) is 8.00. The van der Waals surface area contributed by atoms with Crippen LogP contribution in [-0.2, 0) is 4.84 Å².